The summed E-state index contributed by atoms with van der Waals surface area (Å²) in [7, 11) is 0. The normalized spacial score (nSPS) is 10.5. The number of aryl methyl sites for hydroxylation is 1. The third-order valence-corrected chi connectivity index (χ3v) is 2.67. The second-order valence-corrected chi connectivity index (χ2v) is 4.43. The number of rotatable bonds is 9. The minimum absolute atomic E-state index is 0.272. The predicted molar refractivity (Wildman–Crippen MR) is 70.2 cm³/mol. The molecule has 1 rings (SSSR count). The van der Waals surface area contributed by atoms with Gasteiger partial charge in [0.2, 0.25) is 0 Å². The van der Waals surface area contributed by atoms with Gasteiger partial charge < -0.3 is 15.1 Å². The van der Waals surface area contributed by atoms with Crippen LogP contribution >= 0.6 is 0 Å². The van der Waals surface area contributed by atoms with Crippen LogP contribution in [0, 0.1) is 0 Å². The Kier molecular flexibility index (Phi) is 6.37. The van der Waals surface area contributed by atoms with E-state index in [1.54, 1.807) is 6.92 Å². The summed E-state index contributed by atoms with van der Waals surface area (Å²) in [6.07, 6.45) is 7.88. The van der Waals surface area contributed by atoms with E-state index in [0.29, 0.717) is 6.42 Å². The average Bonchev–Trinajstić information content (AvgIpc) is 2.73. The third kappa shape index (κ3) is 6.09. The summed E-state index contributed by atoms with van der Waals surface area (Å²) < 4.78 is 0. The molecule has 1 aromatic heterocycles. The molecule has 0 aliphatic heterocycles. The van der Waals surface area contributed by atoms with Crippen LogP contribution in [0.2, 0.25) is 0 Å². The zero-order chi connectivity index (χ0) is 12.5. The second kappa shape index (κ2) is 7.87. The van der Waals surface area contributed by atoms with Crippen molar-refractivity contribution in [3.8, 4) is 0 Å². The van der Waals surface area contributed by atoms with Gasteiger partial charge in [-0.15, -0.1) is 0 Å². The first kappa shape index (κ1) is 13.7. The van der Waals surface area contributed by atoms with Crippen molar-refractivity contribution in [1.82, 2.24) is 9.97 Å². The molecule has 96 valence electrons. The van der Waals surface area contributed by atoms with Crippen molar-refractivity contribution in [1.29, 1.82) is 0 Å². The minimum Gasteiger partial charge on any atom is -0.370 e. The number of unbranched alkanes of at least 4 members (excludes halogenated alkanes) is 2. The van der Waals surface area contributed by atoms with Gasteiger partial charge in [-0.05, 0) is 26.2 Å². The Morgan fingerprint density at radius 1 is 1.41 bits per heavy atom. The highest BCUT2D eigenvalue weighted by Gasteiger charge is 1.99. The number of hydrogen-bond acceptors (Lipinski definition) is 3. The largest absolute Gasteiger partial charge is 0.370 e. The molecule has 1 heterocycles. The van der Waals surface area contributed by atoms with E-state index in [0.717, 1.165) is 37.4 Å². The molecular formula is C13H23N3O. The van der Waals surface area contributed by atoms with Crippen molar-refractivity contribution in [2.24, 2.45) is 0 Å². The molecule has 0 radical (unpaired) electrons. The summed E-state index contributed by atoms with van der Waals surface area (Å²) in [4.78, 5) is 18.3. The molecule has 4 heteroatoms. The standard InChI is InChI=1S/C13H23N3O/c1-3-4-8-12-15-10-13(16-12)14-9-6-5-7-11(2)17/h10,14H,3-9H2,1-2H3,(H,15,16). The van der Waals surface area contributed by atoms with Gasteiger partial charge in [-0.25, -0.2) is 4.98 Å². The number of ketones is 1. The number of aromatic amines is 1. The molecule has 17 heavy (non-hydrogen) atoms. The molecule has 0 saturated carbocycles. The van der Waals surface area contributed by atoms with Gasteiger partial charge in [0.1, 0.15) is 17.4 Å². The molecule has 0 atom stereocenters. The summed E-state index contributed by atoms with van der Waals surface area (Å²) in [5.41, 5.74) is 0. The number of aromatic nitrogens is 2. The van der Waals surface area contributed by atoms with Crippen molar-refractivity contribution < 1.29 is 4.79 Å². The first-order valence-electron chi connectivity index (χ1n) is 6.49. The molecular weight excluding hydrogens is 214 g/mol. The topological polar surface area (TPSA) is 57.8 Å². The lowest BCUT2D eigenvalue weighted by Gasteiger charge is -2.02. The Morgan fingerprint density at radius 2 is 2.24 bits per heavy atom. The maximum Gasteiger partial charge on any atom is 0.129 e. The highest BCUT2D eigenvalue weighted by atomic mass is 16.1. The third-order valence-electron chi connectivity index (χ3n) is 2.67. The van der Waals surface area contributed by atoms with Gasteiger partial charge >= 0.3 is 0 Å². The zero-order valence-corrected chi connectivity index (χ0v) is 10.9. The molecule has 0 spiro atoms. The number of nitrogens with zero attached hydrogens (tertiary/aromatic N) is 1. The monoisotopic (exact) mass is 237 g/mol. The Balaban J connectivity index is 2.14. The zero-order valence-electron chi connectivity index (χ0n) is 10.9. The smallest absolute Gasteiger partial charge is 0.129 e. The van der Waals surface area contributed by atoms with Crippen molar-refractivity contribution in [3.05, 3.63) is 12.0 Å². The van der Waals surface area contributed by atoms with E-state index in [9.17, 15) is 4.79 Å². The maximum absolute atomic E-state index is 10.7. The van der Waals surface area contributed by atoms with Crippen LogP contribution in [0.5, 0.6) is 0 Å². The van der Waals surface area contributed by atoms with Crippen LogP contribution in [0.4, 0.5) is 5.82 Å². The first-order chi connectivity index (χ1) is 8.22. The van der Waals surface area contributed by atoms with E-state index in [4.69, 9.17) is 0 Å². The lowest BCUT2D eigenvalue weighted by atomic mass is 10.2. The summed E-state index contributed by atoms with van der Waals surface area (Å²) in [5, 5.41) is 3.29. The molecule has 0 saturated heterocycles. The van der Waals surface area contributed by atoms with Crippen LogP contribution in [-0.4, -0.2) is 22.3 Å². The van der Waals surface area contributed by atoms with Crippen LogP contribution in [0.1, 0.15) is 51.8 Å². The highest BCUT2D eigenvalue weighted by Crippen LogP contribution is 2.06. The van der Waals surface area contributed by atoms with E-state index < -0.39 is 0 Å². The van der Waals surface area contributed by atoms with Gasteiger partial charge in [-0.1, -0.05) is 13.3 Å². The van der Waals surface area contributed by atoms with Gasteiger partial charge in [-0.2, -0.15) is 0 Å². The number of carbonyl (C=O) groups excluding carboxylic acids is 1. The van der Waals surface area contributed by atoms with Crippen LogP contribution < -0.4 is 5.32 Å². The first-order valence-corrected chi connectivity index (χ1v) is 6.49. The molecule has 4 nitrogen and oxygen atoms in total. The van der Waals surface area contributed by atoms with E-state index in [2.05, 4.69) is 22.2 Å². The molecule has 0 aliphatic carbocycles. The van der Waals surface area contributed by atoms with Crippen LogP contribution in [0.15, 0.2) is 6.20 Å². The minimum atomic E-state index is 0.272. The van der Waals surface area contributed by atoms with Gasteiger partial charge in [0.25, 0.3) is 0 Å². The summed E-state index contributed by atoms with van der Waals surface area (Å²) in [5.74, 6) is 2.31. The Labute approximate surface area is 103 Å². The molecule has 0 bridgehead atoms. The predicted octanol–water partition coefficient (Wildman–Crippen LogP) is 2.92. The quantitative estimate of drug-likeness (QED) is 0.649. The number of Topliss-reactive ketones (excluding diaryl/α,β-unsaturated/α-hetero) is 1. The lowest BCUT2D eigenvalue weighted by Crippen LogP contribution is -2.02. The number of imidazole rings is 1. The average molecular weight is 237 g/mol. The summed E-state index contributed by atoms with van der Waals surface area (Å²) >= 11 is 0. The molecule has 1 aromatic rings. The Morgan fingerprint density at radius 3 is 2.94 bits per heavy atom. The van der Waals surface area contributed by atoms with Crippen molar-refractivity contribution >= 4 is 11.6 Å². The molecule has 0 aromatic carbocycles. The second-order valence-electron chi connectivity index (χ2n) is 4.43. The van der Waals surface area contributed by atoms with E-state index in [-0.39, 0.29) is 5.78 Å². The summed E-state index contributed by atoms with van der Waals surface area (Å²) in [6.45, 7) is 4.71. The van der Waals surface area contributed by atoms with Gasteiger partial charge in [0.05, 0.1) is 6.20 Å². The number of H-pyrrole nitrogens is 1. The van der Waals surface area contributed by atoms with Crippen LogP contribution in [-0.2, 0) is 11.2 Å². The van der Waals surface area contributed by atoms with Gasteiger partial charge in [-0.3, -0.25) is 0 Å². The van der Waals surface area contributed by atoms with Crippen molar-refractivity contribution in [2.45, 2.75) is 52.4 Å². The van der Waals surface area contributed by atoms with Crippen molar-refractivity contribution in [2.75, 3.05) is 11.9 Å². The fraction of sp³-hybridized carbons (Fsp3) is 0.692. The van der Waals surface area contributed by atoms with Crippen LogP contribution in [0.3, 0.4) is 0 Å². The molecule has 2 N–H and O–H groups in total. The maximum atomic E-state index is 10.7. The highest BCUT2D eigenvalue weighted by molar-refractivity contribution is 5.75. The number of anilines is 1. The fourth-order valence-corrected chi connectivity index (χ4v) is 1.65. The summed E-state index contributed by atoms with van der Waals surface area (Å²) in [6, 6.07) is 0. The Bertz CT molecular complexity index is 333. The molecule has 0 unspecified atom stereocenters. The number of carbonyl (C=O) groups is 1. The van der Waals surface area contributed by atoms with Crippen LogP contribution in [0.25, 0.3) is 0 Å². The fourth-order valence-electron chi connectivity index (χ4n) is 1.65. The van der Waals surface area contributed by atoms with Gasteiger partial charge in [0, 0.05) is 19.4 Å². The van der Waals surface area contributed by atoms with E-state index in [1.165, 1.54) is 12.8 Å². The molecule has 0 aliphatic rings. The lowest BCUT2D eigenvalue weighted by molar-refractivity contribution is -0.117. The number of nitrogens with one attached hydrogen (secondary N) is 2. The SMILES string of the molecule is CCCCc1ncc(NCCCCC(C)=O)[nH]1. The Hall–Kier alpha value is -1.32. The van der Waals surface area contributed by atoms with E-state index in [1.807, 2.05) is 6.20 Å². The molecule has 0 amide bonds. The number of hydrogen-bond donors (Lipinski definition) is 2. The van der Waals surface area contributed by atoms with Crippen molar-refractivity contribution in [3.63, 3.8) is 0 Å². The van der Waals surface area contributed by atoms with E-state index >= 15 is 0 Å². The molecule has 0 fully saturated rings. The van der Waals surface area contributed by atoms with Gasteiger partial charge in [0.15, 0.2) is 0 Å².